The SMILES string of the molecule is CCOC(=O)OC(C)OC(=O)C=CC(=O)OC. The Balaban J connectivity index is 3.99. The monoisotopic (exact) mass is 246 g/mol. The van der Waals surface area contributed by atoms with Gasteiger partial charge in [0, 0.05) is 19.1 Å². The smallest absolute Gasteiger partial charge is 0.466 e. The molecule has 0 aliphatic heterocycles. The van der Waals surface area contributed by atoms with Crippen LogP contribution in [0, 0.1) is 0 Å². The molecule has 0 bridgehead atoms. The van der Waals surface area contributed by atoms with Gasteiger partial charge >= 0.3 is 18.1 Å². The van der Waals surface area contributed by atoms with Gasteiger partial charge in [0.05, 0.1) is 13.7 Å². The molecule has 0 aliphatic carbocycles. The summed E-state index contributed by atoms with van der Waals surface area (Å²) in [4.78, 5) is 32.5. The first-order valence-corrected chi connectivity index (χ1v) is 4.79. The number of hydrogen-bond donors (Lipinski definition) is 0. The van der Waals surface area contributed by atoms with Crippen molar-refractivity contribution in [3.8, 4) is 0 Å². The number of carbonyl (C=O) groups excluding carboxylic acids is 3. The van der Waals surface area contributed by atoms with Crippen molar-refractivity contribution < 1.29 is 33.3 Å². The molecular formula is C10H14O7. The number of ether oxygens (including phenoxy) is 4. The second kappa shape index (κ2) is 8.14. The van der Waals surface area contributed by atoms with E-state index in [9.17, 15) is 14.4 Å². The Morgan fingerprint density at radius 3 is 2.24 bits per heavy atom. The Hall–Kier alpha value is -2.05. The number of hydrogen-bond acceptors (Lipinski definition) is 7. The molecule has 17 heavy (non-hydrogen) atoms. The van der Waals surface area contributed by atoms with Crippen LogP contribution in [0.1, 0.15) is 13.8 Å². The second-order valence-electron chi connectivity index (χ2n) is 2.66. The van der Waals surface area contributed by atoms with Crippen LogP contribution < -0.4 is 0 Å². The Morgan fingerprint density at radius 2 is 1.71 bits per heavy atom. The summed E-state index contributed by atoms with van der Waals surface area (Å²) < 4.78 is 17.9. The highest BCUT2D eigenvalue weighted by Crippen LogP contribution is 1.98. The van der Waals surface area contributed by atoms with Gasteiger partial charge in [0.2, 0.25) is 6.29 Å². The van der Waals surface area contributed by atoms with Gasteiger partial charge in [0.25, 0.3) is 0 Å². The van der Waals surface area contributed by atoms with E-state index in [-0.39, 0.29) is 6.61 Å². The van der Waals surface area contributed by atoms with Crippen molar-refractivity contribution in [1.82, 2.24) is 0 Å². The van der Waals surface area contributed by atoms with Crippen LogP contribution in [0.25, 0.3) is 0 Å². The van der Waals surface area contributed by atoms with Crippen LogP contribution >= 0.6 is 0 Å². The third-order valence-corrected chi connectivity index (χ3v) is 1.36. The van der Waals surface area contributed by atoms with Gasteiger partial charge in [-0.05, 0) is 6.92 Å². The van der Waals surface area contributed by atoms with E-state index >= 15 is 0 Å². The van der Waals surface area contributed by atoms with Crippen molar-refractivity contribution in [2.45, 2.75) is 20.1 Å². The first-order valence-electron chi connectivity index (χ1n) is 4.79. The highest BCUT2D eigenvalue weighted by molar-refractivity contribution is 5.91. The lowest BCUT2D eigenvalue weighted by Gasteiger charge is -2.11. The van der Waals surface area contributed by atoms with E-state index in [0.717, 1.165) is 12.2 Å². The first-order chi connectivity index (χ1) is 7.99. The Labute approximate surface area is 98.3 Å². The summed E-state index contributed by atoms with van der Waals surface area (Å²) in [5.41, 5.74) is 0. The van der Waals surface area contributed by atoms with Crippen molar-refractivity contribution >= 4 is 18.1 Å². The average Bonchev–Trinajstić information content (AvgIpc) is 2.25. The Morgan fingerprint density at radius 1 is 1.12 bits per heavy atom. The van der Waals surface area contributed by atoms with Gasteiger partial charge in [-0.1, -0.05) is 0 Å². The molecule has 0 saturated heterocycles. The van der Waals surface area contributed by atoms with Crippen molar-refractivity contribution in [2.75, 3.05) is 13.7 Å². The van der Waals surface area contributed by atoms with Gasteiger partial charge in [-0.15, -0.1) is 0 Å². The van der Waals surface area contributed by atoms with Crippen LogP contribution in [0.4, 0.5) is 4.79 Å². The van der Waals surface area contributed by atoms with E-state index in [4.69, 9.17) is 0 Å². The largest absolute Gasteiger partial charge is 0.511 e. The maximum absolute atomic E-state index is 11.1. The van der Waals surface area contributed by atoms with Gasteiger partial charge in [0.15, 0.2) is 0 Å². The van der Waals surface area contributed by atoms with Crippen LogP contribution in [0.15, 0.2) is 12.2 Å². The fourth-order valence-electron chi connectivity index (χ4n) is 0.718. The number of rotatable bonds is 5. The molecule has 0 N–H and O–H groups in total. The van der Waals surface area contributed by atoms with Crippen LogP contribution in [0.3, 0.4) is 0 Å². The molecule has 96 valence electrons. The lowest BCUT2D eigenvalue weighted by atomic mass is 10.5. The third kappa shape index (κ3) is 7.83. The van der Waals surface area contributed by atoms with Gasteiger partial charge in [-0.3, -0.25) is 0 Å². The second-order valence-corrected chi connectivity index (χ2v) is 2.66. The summed E-state index contributed by atoms with van der Waals surface area (Å²) in [5, 5.41) is 0. The molecule has 0 aromatic rings. The van der Waals surface area contributed by atoms with E-state index in [1.165, 1.54) is 14.0 Å². The summed E-state index contributed by atoms with van der Waals surface area (Å²) >= 11 is 0. The molecule has 0 fully saturated rings. The summed E-state index contributed by atoms with van der Waals surface area (Å²) in [7, 11) is 1.17. The zero-order chi connectivity index (χ0) is 13.3. The lowest BCUT2D eigenvalue weighted by molar-refractivity contribution is -0.162. The molecule has 0 spiro atoms. The van der Waals surface area contributed by atoms with E-state index in [1.807, 2.05) is 0 Å². The van der Waals surface area contributed by atoms with Gasteiger partial charge in [-0.2, -0.15) is 0 Å². The lowest BCUT2D eigenvalue weighted by Crippen LogP contribution is -2.21. The topological polar surface area (TPSA) is 88.1 Å². The first kappa shape index (κ1) is 14.9. The summed E-state index contributed by atoms with van der Waals surface area (Å²) in [6, 6.07) is 0. The third-order valence-electron chi connectivity index (χ3n) is 1.36. The van der Waals surface area contributed by atoms with Crippen molar-refractivity contribution in [1.29, 1.82) is 0 Å². The minimum atomic E-state index is -1.11. The fraction of sp³-hybridized carbons (Fsp3) is 0.500. The zero-order valence-electron chi connectivity index (χ0n) is 9.80. The molecule has 1 unspecified atom stereocenters. The summed E-state index contributed by atoms with van der Waals surface area (Å²) in [6.45, 7) is 3.10. The number of esters is 2. The molecule has 7 heteroatoms. The molecule has 0 heterocycles. The van der Waals surface area contributed by atoms with E-state index in [1.54, 1.807) is 6.92 Å². The minimum absolute atomic E-state index is 0.155. The van der Waals surface area contributed by atoms with Crippen LogP contribution in [-0.2, 0) is 28.5 Å². The summed E-state index contributed by atoms with van der Waals surface area (Å²) in [5.74, 6) is -1.53. The molecule has 0 saturated carbocycles. The molecule has 0 rings (SSSR count). The van der Waals surface area contributed by atoms with Gasteiger partial charge < -0.3 is 18.9 Å². The normalized spacial score (nSPS) is 11.7. The van der Waals surface area contributed by atoms with Crippen molar-refractivity contribution in [3.05, 3.63) is 12.2 Å². The molecule has 7 nitrogen and oxygen atoms in total. The maximum atomic E-state index is 11.1. The highest BCUT2D eigenvalue weighted by atomic mass is 16.8. The zero-order valence-corrected chi connectivity index (χ0v) is 9.80. The molecule has 0 aromatic heterocycles. The summed E-state index contributed by atoms with van der Waals surface area (Å²) in [6.07, 6.45) is -0.301. The Bertz CT molecular complexity index is 308. The van der Waals surface area contributed by atoms with Crippen LogP contribution in [-0.4, -0.2) is 38.1 Å². The van der Waals surface area contributed by atoms with Crippen LogP contribution in [0.5, 0.6) is 0 Å². The van der Waals surface area contributed by atoms with Crippen molar-refractivity contribution in [3.63, 3.8) is 0 Å². The number of carbonyl (C=O) groups is 3. The quantitative estimate of drug-likeness (QED) is 0.306. The molecule has 0 aromatic carbocycles. The molecular weight excluding hydrogens is 232 g/mol. The molecule has 0 radical (unpaired) electrons. The van der Waals surface area contributed by atoms with E-state index in [2.05, 4.69) is 18.9 Å². The van der Waals surface area contributed by atoms with Crippen LogP contribution in [0.2, 0.25) is 0 Å². The fourth-order valence-corrected chi connectivity index (χ4v) is 0.718. The van der Waals surface area contributed by atoms with Crippen molar-refractivity contribution in [2.24, 2.45) is 0 Å². The predicted molar refractivity (Wildman–Crippen MR) is 54.8 cm³/mol. The van der Waals surface area contributed by atoms with Gasteiger partial charge in [-0.25, -0.2) is 14.4 Å². The number of methoxy groups -OCH3 is 1. The van der Waals surface area contributed by atoms with E-state index in [0.29, 0.717) is 0 Å². The molecule has 1 atom stereocenters. The minimum Gasteiger partial charge on any atom is -0.466 e. The van der Waals surface area contributed by atoms with Gasteiger partial charge in [0.1, 0.15) is 0 Å². The standard InChI is InChI=1S/C10H14O7/c1-4-15-10(13)17-7(2)16-9(12)6-5-8(11)14-3/h5-7H,4H2,1-3H3. The average molecular weight is 246 g/mol. The maximum Gasteiger partial charge on any atom is 0.511 e. The Kier molecular flexibility index (Phi) is 7.16. The molecule has 0 aliphatic rings. The predicted octanol–water partition coefficient (Wildman–Crippen LogP) is 0.778. The molecule has 0 amide bonds. The van der Waals surface area contributed by atoms with E-state index < -0.39 is 24.4 Å². The highest BCUT2D eigenvalue weighted by Gasteiger charge is 2.13.